The molecule has 0 spiro atoms. The highest BCUT2D eigenvalue weighted by atomic mass is 15.0. The standard InChI is InChI=1S/C63H38N6/c1-39-30-40(37-64)32-41(31-39)42-33-62(68-58-24-12-6-18-49(58)51-35-43(26-28-60(51)68)66-54-20-8-2-14-45(54)46-15-3-9-21-55(46)66)53(38-65)63(34-42)69-59-25-13-7-19-50(59)52-36-44(27-29-61(52)69)67-56-22-10-4-16-47(56)48-17-5-11-23-57(48)67/h2-36H,1H3. The van der Waals surface area contributed by atoms with E-state index in [1.165, 1.54) is 21.5 Å². The van der Waals surface area contributed by atoms with Crippen molar-refractivity contribution in [2.24, 2.45) is 0 Å². The molecule has 10 aromatic carbocycles. The van der Waals surface area contributed by atoms with Crippen LogP contribution in [-0.4, -0.2) is 18.3 Å². The Bertz CT molecular complexity index is 4240. The number of aryl methyl sites for hydroxylation is 1. The summed E-state index contributed by atoms with van der Waals surface area (Å²) >= 11 is 0. The molecule has 4 heterocycles. The van der Waals surface area contributed by atoms with Gasteiger partial charge >= 0.3 is 0 Å². The minimum Gasteiger partial charge on any atom is -0.309 e. The van der Waals surface area contributed by atoms with Crippen LogP contribution in [-0.2, 0) is 0 Å². The van der Waals surface area contributed by atoms with Crippen LogP contribution in [0.3, 0.4) is 0 Å². The van der Waals surface area contributed by atoms with Gasteiger partial charge in [-0.3, -0.25) is 0 Å². The van der Waals surface area contributed by atoms with Crippen molar-refractivity contribution in [3.05, 3.63) is 229 Å². The zero-order valence-electron chi connectivity index (χ0n) is 37.4. The molecule has 0 aliphatic carbocycles. The summed E-state index contributed by atoms with van der Waals surface area (Å²) in [5.41, 5.74) is 16.1. The van der Waals surface area contributed by atoms with Crippen molar-refractivity contribution >= 4 is 87.2 Å². The first-order valence-electron chi connectivity index (χ1n) is 23.2. The van der Waals surface area contributed by atoms with Crippen molar-refractivity contribution in [2.75, 3.05) is 0 Å². The highest BCUT2D eigenvalue weighted by molar-refractivity contribution is 6.14. The molecule has 14 aromatic rings. The van der Waals surface area contributed by atoms with Crippen molar-refractivity contribution in [3.63, 3.8) is 0 Å². The number of aromatic nitrogens is 4. The van der Waals surface area contributed by atoms with Gasteiger partial charge < -0.3 is 18.3 Å². The van der Waals surface area contributed by atoms with Gasteiger partial charge in [-0.1, -0.05) is 115 Å². The quantitative estimate of drug-likeness (QED) is 0.173. The number of para-hydroxylation sites is 6. The molecular formula is C63H38N6. The van der Waals surface area contributed by atoms with Crippen LogP contribution in [0.2, 0.25) is 0 Å². The lowest BCUT2D eigenvalue weighted by Gasteiger charge is -2.19. The van der Waals surface area contributed by atoms with E-state index in [0.717, 1.165) is 105 Å². The van der Waals surface area contributed by atoms with Crippen molar-refractivity contribution in [3.8, 4) is 46.0 Å². The lowest BCUT2D eigenvalue weighted by molar-refractivity contribution is 1.11. The molecular weight excluding hydrogens is 841 g/mol. The molecule has 0 saturated heterocycles. The largest absolute Gasteiger partial charge is 0.309 e. The molecule has 0 aliphatic rings. The molecule has 69 heavy (non-hydrogen) atoms. The van der Waals surface area contributed by atoms with Crippen LogP contribution < -0.4 is 0 Å². The van der Waals surface area contributed by atoms with Gasteiger partial charge in [0.05, 0.1) is 67.1 Å². The van der Waals surface area contributed by atoms with Crippen LogP contribution in [0, 0.1) is 29.6 Å². The smallest absolute Gasteiger partial charge is 0.104 e. The first-order valence-corrected chi connectivity index (χ1v) is 23.2. The molecule has 0 radical (unpaired) electrons. The molecule has 0 atom stereocenters. The molecule has 0 saturated carbocycles. The third-order valence-electron chi connectivity index (χ3n) is 14.2. The van der Waals surface area contributed by atoms with Crippen LogP contribution in [0.15, 0.2) is 212 Å². The predicted octanol–water partition coefficient (Wildman–Crippen LogP) is 15.8. The van der Waals surface area contributed by atoms with Crippen molar-refractivity contribution in [2.45, 2.75) is 6.92 Å². The Labute approximate surface area is 396 Å². The van der Waals surface area contributed by atoms with E-state index >= 15 is 0 Å². The van der Waals surface area contributed by atoms with E-state index in [-0.39, 0.29) is 0 Å². The van der Waals surface area contributed by atoms with Crippen LogP contribution in [0.25, 0.3) is 121 Å². The van der Waals surface area contributed by atoms with Gasteiger partial charge in [0.2, 0.25) is 0 Å². The summed E-state index contributed by atoms with van der Waals surface area (Å²) in [6.45, 7) is 2.03. The van der Waals surface area contributed by atoms with Gasteiger partial charge in [-0.05, 0) is 121 Å². The summed E-state index contributed by atoms with van der Waals surface area (Å²) in [7, 11) is 0. The summed E-state index contributed by atoms with van der Waals surface area (Å²) in [5.74, 6) is 0. The third-order valence-corrected chi connectivity index (χ3v) is 14.2. The Morgan fingerprint density at radius 2 is 0.638 bits per heavy atom. The van der Waals surface area contributed by atoms with E-state index in [2.05, 4.69) is 231 Å². The van der Waals surface area contributed by atoms with Crippen LogP contribution in [0.1, 0.15) is 16.7 Å². The number of rotatable bonds is 5. The number of benzene rings is 10. The van der Waals surface area contributed by atoms with E-state index in [1.807, 2.05) is 19.1 Å². The fourth-order valence-electron chi connectivity index (χ4n) is 11.4. The lowest BCUT2D eigenvalue weighted by atomic mass is 9.97. The summed E-state index contributed by atoms with van der Waals surface area (Å²) in [5, 5.41) is 31.1. The van der Waals surface area contributed by atoms with Crippen molar-refractivity contribution in [1.82, 2.24) is 18.3 Å². The Hall–Kier alpha value is -9.62. The Kier molecular flexibility index (Phi) is 8.23. The Balaban J connectivity index is 1.06. The summed E-state index contributed by atoms with van der Waals surface area (Å²) in [6, 6.07) is 80.2. The molecule has 6 heteroatoms. The molecule has 320 valence electrons. The number of hydrogen-bond donors (Lipinski definition) is 0. The second kappa shape index (κ2) is 14.7. The first-order chi connectivity index (χ1) is 34.1. The van der Waals surface area contributed by atoms with E-state index in [9.17, 15) is 10.5 Å². The van der Waals surface area contributed by atoms with Crippen LogP contribution in [0.5, 0.6) is 0 Å². The minimum atomic E-state index is 0.537. The lowest BCUT2D eigenvalue weighted by Crippen LogP contribution is -2.05. The maximum Gasteiger partial charge on any atom is 0.104 e. The van der Waals surface area contributed by atoms with Crippen LogP contribution >= 0.6 is 0 Å². The van der Waals surface area contributed by atoms with Gasteiger partial charge in [0.25, 0.3) is 0 Å². The van der Waals surface area contributed by atoms with Crippen molar-refractivity contribution in [1.29, 1.82) is 10.5 Å². The predicted molar refractivity (Wildman–Crippen MR) is 283 cm³/mol. The van der Waals surface area contributed by atoms with Gasteiger partial charge in [0.15, 0.2) is 0 Å². The molecule has 0 fully saturated rings. The Morgan fingerprint density at radius 1 is 0.304 bits per heavy atom. The number of fused-ring (bicyclic) bond motifs is 12. The zero-order chi connectivity index (χ0) is 45.9. The monoisotopic (exact) mass is 878 g/mol. The zero-order valence-corrected chi connectivity index (χ0v) is 37.4. The number of nitrogens with zero attached hydrogens (tertiary/aromatic N) is 6. The molecule has 0 N–H and O–H groups in total. The third kappa shape index (κ3) is 5.58. The highest BCUT2D eigenvalue weighted by Crippen LogP contribution is 2.43. The fraction of sp³-hybridized carbons (Fsp3) is 0.0159. The van der Waals surface area contributed by atoms with E-state index in [1.54, 1.807) is 0 Å². The van der Waals surface area contributed by atoms with Gasteiger partial charge in [0, 0.05) is 54.5 Å². The second-order valence-electron chi connectivity index (χ2n) is 18.0. The SMILES string of the molecule is Cc1cc(C#N)cc(-c2cc(-n3c4ccccc4c4cc(-n5c6ccccc6c6ccccc65)ccc43)c(C#N)c(-n3c4ccccc4c4cc(-n5c6ccccc6c6ccccc65)ccc43)c2)c1. The van der Waals surface area contributed by atoms with E-state index < -0.39 is 0 Å². The molecule has 0 aliphatic heterocycles. The average molecular weight is 879 g/mol. The molecule has 0 bridgehead atoms. The number of nitriles is 2. The van der Waals surface area contributed by atoms with E-state index in [4.69, 9.17) is 0 Å². The van der Waals surface area contributed by atoms with Crippen LogP contribution in [0.4, 0.5) is 0 Å². The summed E-state index contributed by atoms with van der Waals surface area (Å²) < 4.78 is 9.24. The molecule has 6 nitrogen and oxygen atoms in total. The first kappa shape index (κ1) is 38.6. The fourth-order valence-corrected chi connectivity index (χ4v) is 11.4. The second-order valence-corrected chi connectivity index (χ2v) is 18.0. The molecule has 4 aromatic heterocycles. The highest BCUT2D eigenvalue weighted by Gasteiger charge is 2.24. The maximum absolute atomic E-state index is 11.7. The maximum atomic E-state index is 11.7. The molecule has 14 rings (SSSR count). The van der Waals surface area contributed by atoms with Crippen molar-refractivity contribution < 1.29 is 0 Å². The van der Waals surface area contributed by atoms with Gasteiger partial charge in [-0.15, -0.1) is 0 Å². The summed E-state index contributed by atoms with van der Waals surface area (Å²) in [4.78, 5) is 0. The summed E-state index contributed by atoms with van der Waals surface area (Å²) in [6.07, 6.45) is 0. The van der Waals surface area contributed by atoms with Gasteiger partial charge in [0.1, 0.15) is 11.6 Å². The topological polar surface area (TPSA) is 67.3 Å². The Morgan fingerprint density at radius 3 is 1.01 bits per heavy atom. The minimum absolute atomic E-state index is 0.537. The normalized spacial score (nSPS) is 11.8. The molecule has 0 amide bonds. The van der Waals surface area contributed by atoms with Gasteiger partial charge in [-0.25, -0.2) is 0 Å². The molecule has 0 unspecified atom stereocenters. The number of hydrogen-bond acceptors (Lipinski definition) is 2. The van der Waals surface area contributed by atoms with Gasteiger partial charge in [-0.2, -0.15) is 10.5 Å². The van der Waals surface area contributed by atoms with E-state index in [0.29, 0.717) is 11.1 Å². The average Bonchev–Trinajstić information content (AvgIpc) is 4.13.